The number of nitrogens with two attached hydrogens (primary N) is 2. The summed E-state index contributed by atoms with van der Waals surface area (Å²) in [7, 11) is 0. The average Bonchev–Trinajstić information content (AvgIpc) is 2.68. The van der Waals surface area contributed by atoms with Crippen LogP contribution in [0.2, 0.25) is 0 Å². The summed E-state index contributed by atoms with van der Waals surface area (Å²) in [6.45, 7) is 13.4. The van der Waals surface area contributed by atoms with Crippen molar-refractivity contribution in [3.05, 3.63) is 47.5 Å². The SMILES string of the molecule is CC(C)(C)CC(C)(C)c1ccc(O)c(N)c1.CCCCCCCCc1ccc(O)c(N)c1. The number of unbranched alkanes of at least 4 members (excludes halogenated alkanes) is 5. The lowest BCUT2D eigenvalue weighted by atomic mass is 9.72. The number of hydrogen-bond donors (Lipinski definition) is 4. The number of nitrogen functional groups attached to an aromatic ring is 2. The topological polar surface area (TPSA) is 92.5 Å². The second kappa shape index (κ2) is 12.6. The zero-order valence-electron chi connectivity index (χ0n) is 21.2. The Morgan fingerprint density at radius 3 is 1.78 bits per heavy atom. The van der Waals surface area contributed by atoms with Gasteiger partial charge in [0.1, 0.15) is 11.5 Å². The summed E-state index contributed by atoms with van der Waals surface area (Å²) in [5.41, 5.74) is 15.1. The Bertz CT molecular complexity index is 823. The second-order valence-corrected chi connectivity index (χ2v) is 10.8. The molecule has 0 spiro atoms. The minimum atomic E-state index is 0.0695. The first-order valence-corrected chi connectivity index (χ1v) is 12.0. The first-order chi connectivity index (χ1) is 14.9. The molecule has 6 N–H and O–H groups in total. The highest BCUT2D eigenvalue weighted by Gasteiger charge is 2.27. The molecule has 2 aromatic carbocycles. The Balaban J connectivity index is 0.000000320. The summed E-state index contributed by atoms with van der Waals surface area (Å²) in [5.74, 6) is 0.349. The van der Waals surface area contributed by atoms with Crippen LogP contribution in [0.3, 0.4) is 0 Å². The molecule has 0 aliphatic heterocycles. The average molecular weight is 443 g/mol. The highest BCUT2D eigenvalue weighted by atomic mass is 16.3. The second-order valence-electron chi connectivity index (χ2n) is 10.8. The summed E-state index contributed by atoms with van der Waals surface area (Å²) < 4.78 is 0. The van der Waals surface area contributed by atoms with Crippen molar-refractivity contribution < 1.29 is 10.2 Å². The highest BCUT2D eigenvalue weighted by molar-refractivity contribution is 5.54. The van der Waals surface area contributed by atoms with E-state index in [2.05, 4.69) is 41.5 Å². The first kappa shape index (κ1) is 27.7. The molecule has 2 rings (SSSR count). The molecule has 0 bridgehead atoms. The van der Waals surface area contributed by atoms with E-state index in [0.29, 0.717) is 11.4 Å². The predicted molar refractivity (Wildman–Crippen MR) is 139 cm³/mol. The highest BCUT2D eigenvalue weighted by Crippen LogP contribution is 2.38. The third-order valence-electron chi connectivity index (χ3n) is 5.69. The van der Waals surface area contributed by atoms with E-state index in [4.69, 9.17) is 11.5 Å². The Hall–Kier alpha value is -2.36. The van der Waals surface area contributed by atoms with E-state index >= 15 is 0 Å². The number of benzene rings is 2. The summed E-state index contributed by atoms with van der Waals surface area (Å²) >= 11 is 0. The number of hydrogen-bond acceptors (Lipinski definition) is 4. The molecular formula is C28H46N2O2. The fourth-order valence-electron chi connectivity index (χ4n) is 4.27. The van der Waals surface area contributed by atoms with Gasteiger partial charge in [0.25, 0.3) is 0 Å². The van der Waals surface area contributed by atoms with E-state index in [9.17, 15) is 10.2 Å². The lowest BCUT2D eigenvalue weighted by Gasteiger charge is -2.33. The number of phenolic OH excluding ortho intramolecular Hbond substituents is 2. The van der Waals surface area contributed by atoms with Crippen LogP contribution in [0.1, 0.15) is 97.6 Å². The van der Waals surface area contributed by atoms with Crippen LogP contribution >= 0.6 is 0 Å². The molecule has 0 saturated heterocycles. The molecule has 0 atom stereocenters. The van der Waals surface area contributed by atoms with Gasteiger partial charge in [-0.15, -0.1) is 0 Å². The summed E-state index contributed by atoms with van der Waals surface area (Å²) in [5, 5.41) is 18.7. The van der Waals surface area contributed by atoms with Crippen LogP contribution in [0.5, 0.6) is 11.5 Å². The third-order valence-corrected chi connectivity index (χ3v) is 5.69. The van der Waals surface area contributed by atoms with E-state index in [-0.39, 0.29) is 22.3 Å². The van der Waals surface area contributed by atoms with Crippen molar-refractivity contribution in [3.8, 4) is 11.5 Å². The molecule has 4 heteroatoms. The summed E-state index contributed by atoms with van der Waals surface area (Å²) in [6.07, 6.45) is 9.99. The van der Waals surface area contributed by atoms with Gasteiger partial charge in [-0.2, -0.15) is 0 Å². The molecule has 0 heterocycles. The van der Waals surface area contributed by atoms with Gasteiger partial charge in [-0.3, -0.25) is 0 Å². The summed E-state index contributed by atoms with van der Waals surface area (Å²) in [4.78, 5) is 0. The number of anilines is 2. The molecule has 0 radical (unpaired) electrons. The molecule has 0 aliphatic carbocycles. The van der Waals surface area contributed by atoms with E-state index in [1.807, 2.05) is 24.3 Å². The Labute approximate surface area is 196 Å². The molecule has 0 unspecified atom stereocenters. The quantitative estimate of drug-likeness (QED) is 0.183. The van der Waals surface area contributed by atoms with Crippen LogP contribution in [-0.4, -0.2) is 10.2 Å². The predicted octanol–water partition coefficient (Wildman–Crippen LogP) is 7.57. The molecule has 180 valence electrons. The molecule has 2 aromatic rings. The molecule has 0 amide bonds. The minimum absolute atomic E-state index is 0.0695. The smallest absolute Gasteiger partial charge is 0.138 e. The van der Waals surface area contributed by atoms with Crippen molar-refractivity contribution in [2.24, 2.45) is 5.41 Å². The zero-order valence-corrected chi connectivity index (χ0v) is 21.2. The van der Waals surface area contributed by atoms with E-state index in [1.54, 1.807) is 12.1 Å². The molecule has 0 saturated carbocycles. The van der Waals surface area contributed by atoms with Crippen molar-refractivity contribution in [2.45, 2.75) is 98.3 Å². The molecular weight excluding hydrogens is 396 g/mol. The van der Waals surface area contributed by atoms with Crippen molar-refractivity contribution >= 4 is 11.4 Å². The van der Waals surface area contributed by atoms with Gasteiger partial charge >= 0.3 is 0 Å². The van der Waals surface area contributed by atoms with E-state index < -0.39 is 0 Å². The maximum Gasteiger partial charge on any atom is 0.138 e. The van der Waals surface area contributed by atoms with Crippen molar-refractivity contribution in [3.63, 3.8) is 0 Å². The fraction of sp³-hybridized carbons (Fsp3) is 0.571. The molecule has 32 heavy (non-hydrogen) atoms. The van der Waals surface area contributed by atoms with Gasteiger partial charge in [0.05, 0.1) is 11.4 Å². The van der Waals surface area contributed by atoms with Gasteiger partial charge in [-0.1, -0.05) is 85.8 Å². The third kappa shape index (κ3) is 10.3. The van der Waals surface area contributed by atoms with Crippen molar-refractivity contribution in [1.82, 2.24) is 0 Å². The Kier molecular flexibility index (Phi) is 10.9. The Morgan fingerprint density at radius 1 is 0.719 bits per heavy atom. The maximum absolute atomic E-state index is 9.42. The maximum atomic E-state index is 9.42. The normalized spacial score (nSPS) is 11.7. The molecule has 0 fully saturated rings. The van der Waals surface area contributed by atoms with Crippen LogP contribution in [0.25, 0.3) is 0 Å². The van der Waals surface area contributed by atoms with Gasteiger partial charge in [0.2, 0.25) is 0 Å². The van der Waals surface area contributed by atoms with Crippen molar-refractivity contribution in [1.29, 1.82) is 0 Å². The molecule has 4 nitrogen and oxygen atoms in total. The first-order valence-electron chi connectivity index (χ1n) is 12.0. The largest absolute Gasteiger partial charge is 0.506 e. The van der Waals surface area contributed by atoms with Gasteiger partial charge in [-0.05, 0) is 65.5 Å². The van der Waals surface area contributed by atoms with E-state index in [0.717, 1.165) is 12.8 Å². The monoisotopic (exact) mass is 442 g/mol. The Morgan fingerprint density at radius 2 is 1.25 bits per heavy atom. The number of phenols is 2. The molecule has 0 aromatic heterocycles. The van der Waals surface area contributed by atoms with Gasteiger partial charge < -0.3 is 21.7 Å². The standard InChI is InChI=1S/2C14H23NO/c1-13(2,3)9-14(4,5)10-6-7-12(16)11(15)8-10;1-2-3-4-5-6-7-8-12-9-10-14(16)13(15)11-12/h6-8,16H,9,15H2,1-5H3;9-11,16H,2-8,15H2,1H3. The lowest BCUT2D eigenvalue weighted by Crippen LogP contribution is -2.24. The number of aromatic hydroxyl groups is 2. The van der Waals surface area contributed by atoms with Crippen LogP contribution in [0, 0.1) is 5.41 Å². The van der Waals surface area contributed by atoms with Crippen LogP contribution in [0.15, 0.2) is 36.4 Å². The van der Waals surface area contributed by atoms with Crippen LogP contribution in [0.4, 0.5) is 11.4 Å². The van der Waals surface area contributed by atoms with E-state index in [1.165, 1.54) is 49.7 Å². The number of rotatable bonds is 9. The van der Waals surface area contributed by atoms with Gasteiger partial charge in [-0.25, -0.2) is 0 Å². The summed E-state index contributed by atoms with van der Waals surface area (Å²) in [6, 6.07) is 11.0. The van der Waals surface area contributed by atoms with Gasteiger partial charge in [0.15, 0.2) is 0 Å². The van der Waals surface area contributed by atoms with Crippen LogP contribution in [-0.2, 0) is 11.8 Å². The lowest BCUT2D eigenvalue weighted by molar-refractivity contribution is 0.284. The fourth-order valence-corrected chi connectivity index (χ4v) is 4.27. The van der Waals surface area contributed by atoms with Crippen LogP contribution < -0.4 is 11.5 Å². The molecule has 0 aliphatic rings. The van der Waals surface area contributed by atoms with Gasteiger partial charge in [0, 0.05) is 0 Å². The van der Waals surface area contributed by atoms with Crippen molar-refractivity contribution in [2.75, 3.05) is 11.5 Å². The number of aryl methyl sites for hydroxylation is 1. The minimum Gasteiger partial charge on any atom is -0.506 e. The zero-order chi connectivity index (χ0) is 24.4.